The van der Waals surface area contributed by atoms with Crippen LogP contribution >= 0.6 is 0 Å². The van der Waals surface area contributed by atoms with Crippen LogP contribution in [0, 0.1) is 12.8 Å². The highest BCUT2D eigenvalue weighted by Crippen LogP contribution is 2.29. The number of carbonyl (C=O) groups is 2. The number of hydrogen-bond acceptors (Lipinski definition) is 5. The van der Waals surface area contributed by atoms with Gasteiger partial charge in [0.25, 0.3) is 0 Å². The van der Waals surface area contributed by atoms with Crippen LogP contribution in [0.15, 0.2) is 72.8 Å². The van der Waals surface area contributed by atoms with Crippen LogP contribution in [0.25, 0.3) is 5.69 Å². The largest absolute Gasteiger partial charge is 0.493 e. The number of urea groups is 1. The molecule has 9 nitrogen and oxygen atoms in total. The molecule has 1 aliphatic rings. The highest BCUT2D eigenvalue weighted by Gasteiger charge is 2.24. The minimum Gasteiger partial charge on any atom is -0.493 e. The van der Waals surface area contributed by atoms with E-state index in [-0.39, 0.29) is 17.4 Å². The number of benzene rings is 3. The Balaban J connectivity index is 1.12. The third kappa shape index (κ3) is 8.07. The first-order valence-corrected chi connectivity index (χ1v) is 15.9. The maximum atomic E-state index is 13.0. The molecule has 2 N–H and O–H groups in total. The highest BCUT2D eigenvalue weighted by atomic mass is 16.5. The first kappa shape index (κ1) is 32.6. The summed E-state index contributed by atoms with van der Waals surface area (Å²) >= 11 is 0. The van der Waals surface area contributed by atoms with Crippen LogP contribution in [0.4, 0.5) is 16.3 Å². The number of hydrogen-bond donors (Lipinski definition) is 2. The van der Waals surface area contributed by atoms with Gasteiger partial charge in [-0.15, -0.1) is 0 Å². The normalized spacial score (nSPS) is 13.7. The second-order valence-corrected chi connectivity index (χ2v) is 13.1. The Bertz CT molecular complexity index is 1650. The molecule has 46 heavy (non-hydrogen) atoms. The quantitative estimate of drug-likeness (QED) is 0.206. The van der Waals surface area contributed by atoms with Crippen molar-refractivity contribution in [3.05, 3.63) is 95.2 Å². The molecular weight excluding hydrogens is 578 g/mol. The molecular formula is C37H45N5O4. The molecule has 0 spiro atoms. The molecule has 1 saturated heterocycles. The summed E-state index contributed by atoms with van der Waals surface area (Å²) in [5.74, 6) is 2.54. The second-order valence-electron chi connectivity index (χ2n) is 13.1. The van der Waals surface area contributed by atoms with Gasteiger partial charge in [0.1, 0.15) is 5.82 Å². The Kier molecular flexibility index (Phi) is 9.99. The average Bonchev–Trinajstić information content (AvgIpc) is 3.47. The first-order chi connectivity index (χ1) is 22.0. The maximum Gasteiger partial charge on any atom is 0.324 e. The fourth-order valence-corrected chi connectivity index (χ4v) is 5.72. The van der Waals surface area contributed by atoms with E-state index in [0.717, 1.165) is 54.9 Å². The Labute approximate surface area is 271 Å². The number of nitrogens with zero attached hydrogens (tertiary/aromatic N) is 3. The van der Waals surface area contributed by atoms with Gasteiger partial charge in [-0.3, -0.25) is 10.1 Å². The summed E-state index contributed by atoms with van der Waals surface area (Å²) in [6.07, 6.45) is 3.21. The van der Waals surface area contributed by atoms with Crippen molar-refractivity contribution in [3.8, 4) is 17.2 Å². The van der Waals surface area contributed by atoms with Gasteiger partial charge in [-0.2, -0.15) is 5.10 Å². The summed E-state index contributed by atoms with van der Waals surface area (Å²) in [6.45, 7) is 9.86. The predicted octanol–water partition coefficient (Wildman–Crippen LogP) is 7.16. The molecule has 3 amide bonds. The standard InChI is InChI=1S/C37H45N5O4/c1-25-7-14-30(15-8-25)42-34(24-33(40-42)37(2,3)4)39-36(44)38-29-12-9-26(10-13-29)21-27-17-19-41(20-18-27)35(43)23-28-11-16-31(45-5)32(22-28)46-6/h7-16,22,24,27H,17-21,23H2,1-6H3,(H2,38,39,44). The number of aromatic nitrogens is 2. The Morgan fingerprint density at radius 1 is 0.848 bits per heavy atom. The van der Waals surface area contributed by atoms with Crippen LogP contribution in [0.3, 0.4) is 0 Å². The summed E-state index contributed by atoms with van der Waals surface area (Å²) < 4.78 is 12.5. The van der Waals surface area contributed by atoms with Crippen molar-refractivity contribution < 1.29 is 19.1 Å². The second kappa shape index (κ2) is 14.1. The zero-order chi connectivity index (χ0) is 32.8. The van der Waals surface area contributed by atoms with Crippen LogP contribution in [0.1, 0.15) is 56.0 Å². The number of amides is 3. The van der Waals surface area contributed by atoms with E-state index in [1.807, 2.05) is 72.5 Å². The third-order valence-electron chi connectivity index (χ3n) is 8.50. The van der Waals surface area contributed by atoms with Gasteiger partial charge < -0.3 is 19.7 Å². The van der Waals surface area contributed by atoms with Gasteiger partial charge in [0, 0.05) is 30.3 Å². The molecule has 4 aromatic rings. The van der Waals surface area contributed by atoms with E-state index < -0.39 is 0 Å². The van der Waals surface area contributed by atoms with Crippen LogP contribution in [0.2, 0.25) is 0 Å². The number of carbonyl (C=O) groups excluding carboxylic acids is 2. The van der Waals surface area contributed by atoms with Crippen LogP contribution in [-0.2, 0) is 23.1 Å². The zero-order valence-corrected chi connectivity index (χ0v) is 27.7. The van der Waals surface area contributed by atoms with Gasteiger partial charge >= 0.3 is 6.03 Å². The lowest BCUT2D eigenvalue weighted by molar-refractivity contribution is -0.131. The highest BCUT2D eigenvalue weighted by molar-refractivity contribution is 5.99. The van der Waals surface area contributed by atoms with E-state index in [0.29, 0.717) is 35.3 Å². The SMILES string of the molecule is COc1ccc(CC(=O)N2CCC(Cc3ccc(NC(=O)Nc4cc(C(C)(C)C)nn4-c4ccc(C)cc4)cc3)CC2)cc1OC. The predicted molar refractivity (Wildman–Crippen MR) is 182 cm³/mol. The van der Waals surface area contributed by atoms with Gasteiger partial charge in [0.05, 0.1) is 32.0 Å². The van der Waals surface area contributed by atoms with Crippen molar-refractivity contribution >= 4 is 23.4 Å². The van der Waals surface area contributed by atoms with Crippen molar-refractivity contribution in [2.24, 2.45) is 5.92 Å². The molecule has 0 atom stereocenters. The molecule has 1 fully saturated rings. The lowest BCUT2D eigenvalue weighted by atomic mass is 9.90. The third-order valence-corrected chi connectivity index (χ3v) is 8.50. The van der Waals surface area contributed by atoms with Crippen LogP contribution in [0.5, 0.6) is 11.5 Å². The Morgan fingerprint density at radius 3 is 2.13 bits per heavy atom. The number of nitrogens with one attached hydrogen (secondary N) is 2. The van der Waals surface area contributed by atoms with E-state index in [9.17, 15) is 9.59 Å². The van der Waals surface area contributed by atoms with Gasteiger partial charge in [-0.1, -0.05) is 56.7 Å². The number of anilines is 2. The number of piperidine rings is 1. The van der Waals surface area contributed by atoms with E-state index in [2.05, 4.69) is 43.5 Å². The maximum absolute atomic E-state index is 13.0. The number of likely N-dealkylation sites (tertiary alicyclic amines) is 1. The van der Waals surface area contributed by atoms with Crippen molar-refractivity contribution in [2.45, 2.75) is 58.8 Å². The van der Waals surface area contributed by atoms with Crippen molar-refractivity contribution in [3.63, 3.8) is 0 Å². The number of ether oxygens (including phenoxy) is 2. The molecule has 3 aromatic carbocycles. The Morgan fingerprint density at radius 2 is 1.50 bits per heavy atom. The van der Waals surface area contributed by atoms with Crippen molar-refractivity contribution in [2.75, 3.05) is 37.9 Å². The molecule has 5 rings (SSSR count). The molecule has 1 aromatic heterocycles. The molecule has 2 heterocycles. The Hall–Kier alpha value is -4.79. The fourth-order valence-electron chi connectivity index (χ4n) is 5.72. The molecule has 242 valence electrons. The molecule has 9 heteroatoms. The molecule has 0 unspecified atom stereocenters. The minimum atomic E-state index is -0.327. The molecule has 0 aliphatic carbocycles. The summed E-state index contributed by atoms with van der Waals surface area (Å²) in [5, 5.41) is 10.7. The first-order valence-electron chi connectivity index (χ1n) is 15.9. The summed E-state index contributed by atoms with van der Waals surface area (Å²) in [7, 11) is 3.20. The minimum absolute atomic E-state index is 0.135. The topological polar surface area (TPSA) is 97.7 Å². The molecule has 0 saturated carbocycles. The lowest BCUT2D eigenvalue weighted by Gasteiger charge is -2.32. The van der Waals surface area contributed by atoms with E-state index in [1.165, 1.54) is 5.56 Å². The van der Waals surface area contributed by atoms with E-state index in [1.54, 1.807) is 18.9 Å². The number of rotatable bonds is 9. The number of methoxy groups -OCH3 is 2. The van der Waals surface area contributed by atoms with Crippen molar-refractivity contribution in [1.82, 2.24) is 14.7 Å². The summed E-state index contributed by atoms with van der Waals surface area (Å²) in [6, 6.07) is 23.3. The van der Waals surface area contributed by atoms with Gasteiger partial charge in [-0.25, -0.2) is 9.48 Å². The van der Waals surface area contributed by atoms with E-state index >= 15 is 0 Å². The van der Waals surface area contributed by atoms with E-state index in [4.69, 9.17) is 14.6 Å². The monoisotopic (exact) mass is 623 g/mol. The van der Waals surface area contributed by atoms with Gasteiger partial charge in [0.2, 0.25) is 5.91 Å². The fraction of sp³-hybridized carbons (Fsp3) is 0.378. The van der Waals surface area contributed by atoms with Gasteiger partial charge in [0.15, 0.2) is 11.5 Å². The average molecular weight is 624 g/mol. The lowest BCUT2D eigenvalue weighted by Crippen LogP contribution is -2.39. The summed E-state index contributed by atoms with van der Waals surface area (Å²) in [5.41, 5.74) is 5.61. The zero-order valence-electron chi connectivity index (χ0n) is 27.7. The smallest absolute Gasteiger partial charge is 0.324 e. The van der Waals surface area contributed by atoms with Crippen molar-refractivity contribution in [1.29, 1.82) is 0 Å². The van der Waals surface area contributed by atoms with Gasteiger partial charge in [-0.05, 0) is 79.6 Å². The summed E-state index contributed by atoms with van der Waals surface area (Å²) in [4.78, 5) is 28.0. The van der Waals surface area contributed by atoms with Crippen LogP contribution < -0.4 is 20.1 Å². The molecule has 0 bridgehead atoms. The molecule has 0 radical (unpaired) electrons. The van der Waals surface area contributed by atoms with Crippen LogP contribution in [-0.4, -0.2) is 53.9 Å². The molecule has 1 aliphatic heterocycles. The number of aryl methyl sites for hydroxylation is 1.